The van der Waals surface area contributed by atoms with E-state index in [-0.39, 0.29) is 22.4 Å². The summed E-state index contributed by atoms with van der Waals surface area (Å²) in [7, 11) is 0. The van der Waals surface area contributed by atoms with Crippen molar-refractivity contribution >= 4 is 29.2 Å². The largest absolute Gasteiger partial charge is 0.375 e. The van der Waals surface area contributed by atoms with Gasteiger partial charge in [-0.2, -0.15) is 5.10 Å². The molecule has 1 atom stereocenters. The molecule has 1 aliphatic heterocycles. The molecule has 1 aliphatic rings. The highest BCUT2D eigenvalue weighted by atomic mass is 32.1. The molecule has 0 aliphatic carbocycles. The Morgan fingerprint density at radius 2 is 2.03 bits per heavy atom. The van der Waals surface area contributed by atoms with Gasteiger partial charge in [-0.3, -0.25) is 10.3 Å². The summed E-state index contributed by atoms with van der Waals surface area (Å²) in [6, 6.07) is 11.2. The Kier molecular flexibility index (Phi) is 8.15. The lowest BCUT2D eigenvalue weighted by Crippen LogP contribution is -2.53. The van der Waals surface area contributed by atoms with Crippen LogP contribution in [0.5, 0.6) is 0 Å². The molecule has 0 radical (unpaired) electrons. The molecule has 2 aromatic carbocycles. The molecule has 0 aromatic heterocycles. The Balaban J connectivity index is 1.77. The molecule has 3 rings (SSSR count). The van der Waals surface area contributed by atoms with Crippen LogP contribution in [0.4, 0.5) is 14.5 Å². The van der Waals surface area contributed by atoms with Gasteiger partial charge in [0.2, 0.25) is 0 Å². The van der Waals surface area contributed by atoms with Crippen molar-refractivity contribution in [2.75, 3.05) is 24.5 Å². The summed E-state index contributed by atoms with van der Waals surface area (Å²) < 4.78 is 29.6. The van der Waals surface area contributed by atoms with Gasteiger partial charge in [-0.1, -0.05) is 43.7 Å². The molecule has 0 unspecified atom stereocenters. The van der Waals surface area contributed by atoms with Crippen LogP contribution in [-0.2, 0) is 6.54 Å². The van der Waals surface area contributed by atoms with Gasteiger partial charge >= 0.3 is 0 Å². The maximum absolute atomic E-state index is 14.9. The van der Waals surface area contributed by atoms with Crippen LogP contribution in [0.3, 0.4) is 0 Å². The number of halogens is 2. The van der Waals surface area contributed by atoms with Crippen molar-refractivity contribution in [1.82, 2.24) is 10.3 Å². The fourth-order valence-electron chi connectivity index (χ4n) is 4.19. The molecule has 0 saturated carbocycles. The molecule has 0 spiro atoms. The highest BCUT2D eigenvalue weighted by Crippen LogP contribution is 2.28. The third kappa shape index (κ3) is 6.46. The molecule has 8 heteroatoms. The Labute approximate surface area is 194 Å². The standard InChI is InChI=1S/C24H31F2N5S/c1-16(2)9-20-15-31(8-7-30(20)14-18-6-4-5-17(3)10-18)23-12-21(25)19(11-22(23)26)13-28-29-24(27)32/h4-6,10-13,16,20H,7-9,14-15H2,1-3H3,(H3,27,29,32)/b28-13+/t20-/m0/s1. The summed E-state index contributed by atoms with van der Waals surface area (Å²) >= 11 is 4.65. The molecular weight excluding hydrogens is 428 g/mol. The Morgan fingerprint density at radius 3 is 2.72 bits per heavy atom. The maximum atomic E-state index is 14.9. The molecule has 1 heterocycles. The normalized spacial score (nSPS) is 17.3. The summed E-state index contributed by atoms with van der Waals surface area (Å²) in [5.41, 5.74) is 10.5. The number of rotatable bonds is 7. The summed E-state index contributed by atoms with van der Waals surface area (Å²) in [6.45, 7) is 9.41. The third-order valence-electron chi connectivity index (χ3n) is 5.60. The van der Waals surface area contributed by atoms with Gasteiger partial charge in [0.25, 0.3) is 0 Å². The van der Waals surface area contributed by atoms with Crippen molar-refractivity contribution < 1.29 is 8.78 Å². The summed E-state index contributed by atoms with van der Waals surface area (Å²) in [5, 5.41) is 3.67. The summed E-state index contributed by atoms with van der Waals surface area (Å²) in [6.07, 6.45) is 2.16. The van der Waals surface area contributed by atoms with E-state index in [1.807, 2.05) is 4.90 Å². The number of thiocarbonyl (C=S) groups is 1. The molecule has 32 heavy (non-hydrogen) atoms. The molecular formula is C24H31F2N5S. The van der Waals surface area contributed by atoms with Gasteiger partial charge in [0.1, 0.15) is 11.6 Å². The first-order chi connectivity index (χ1) is 15.2. The number of nitrogens with two attached hydrogens (primary N) is 1. The van der Waals surface area contributed by atoms with E-state index in [2.05, 4.69) is 72.7 Å². The van der Waals surface area contributed by atoms with Crippen LogP contribution in [0.1, 0.15) is 37.0 Å². The lowest BCUT2D eigenvalue weighted by molar-refractivity contribution is 0.147. The lowest BCUT2D eigenvalue weighted by atomic mass is 9.98. The van der Waals surface area contributed by atoms with Crippen molar-refractivity contribution in [3.63, 3.8) is 0 Å². The fraction of sp³-hybridized carbons (Fsp3) is 0.417. The number of piperazine rings is 1. The van der Waals surface area contributed by atoms with E-state index >= 15 is 0 Å². The zero-order chi connectivity index (χ0) is 23.3. The molecule has 2 aromatic rings. The van der Waals surface area contributed by atoms with E-state index < -0.39 is 11.6 Å². The van der Waals surface area contributed by atoms with Gasteiger partial charge in [-0.15, -0.1) is 0 Å². The minimum Gasteiger partial charge on any atom is -0.375 e. The van der Waals surface area contributed by atoms with Crippen LogP contribution in [-0.4, -0.2) is 41.9 Å². The predicted octanol–water partition coefficient (Wildman–Crippen LogP) is 4.18. The zero-order valence-corrected chi connectivity index (χ0v) is 19.6. The van der Waals surface area contributed by atoms with Gasteiger partial charge in [0, 0.05) is 43.9 Å². The molecule has 3 N–H and O–H groups in total. The summed E-state index contributed by atoms with van der Waals surface area (Å²) in [5.74, 6) is -0.516. The number of hydrogen-bond donors (Lipinski definition) is 2. The minimum atomic E-state index is -0.544. The van der Waals surface area contributed by atoms with Crippen LogP contribution in [0.2, 0.25) is 0 Å². The number of nitrogens with zero attached hydrogens (tertiary/aromatic N) is 3. The van der Waals surface area contributed by atoms with E-state index in [1.165, 1.54) is 23.4 Å². The molecule has 1 fully saturated rings. The second kappa shape index (κ2) is 10.8. The first-order valence-electron chi connectivity index (χ1n) is 10.8. The molecule has 0 amide bonds. The van der Waals surface area contributed by atoms with E-state index in [0.717, 1.165) is 25.6 Å². The second-order valence-corrected chi connectivity index (χ2v) is 9.19. The highest BCUT2D eigenvalue weighted by molar-refractivity contribution is 7.80. The monoisotopic (exact) mass is 459 g/mol. The van der Waals surface area contributed by atoms with Crippen LogP contribution in [0.15, 0.2) is 41.5 Å². The smallest absolute Gasteiger partial charge is 0.184 e. The van der Waals surface area contributed by atoms with Crippen molar-refractivity contribution in [1.29, 1.82) is 0 Å². The van der Waals surface area contributed by atoms with Gasteiger partial charge in [0.15, 0.2) is 5.11 Å². The highest BCUT2D eigenvalue weighted by Gasteiger charge is 2.29. The van der Waals surface area contributed by atoms with Crippen LogP contribution in [0.25, 0.3) is 0 Å². The van der Waals surface area contributed by atoms with E-state index in [4.69, 9.17) is 5.73 Å². The molecule has 0 bridgehead atoms. The number of aryl methyl sites for hydroxylation is 1. The first kappa shape index (κ1) is 24.1. The number of nitrogens with one attached hydrogen (secondary N) is 1. The maximum Gasteiger partial charge on any atom is 0.184 e. The van der Waals surface area contributed by atoms with Crippen molar-refractivity contribution in [3.05, 3.63) is 64.7 Å². The van der Waals surface area contributed by atoms with Crippen molar-refractivity contribution in [2.45, 2.75) is 39.8 Å². The molecule has 172 valence electrons. The van der Waals surface area contributed by atoms with Crippen LogP contribution < -0.4 is 16.1 Å². The number of hydrogen-bond acceptors (Lipinski definition) is 4. The number of hydrazone groups is 1. The van der Waals surface area contributed by atoms with Crippen LogP contribution in [0, 0.1) is 24.5 Å². The van der Waals surface area contributed by atoms with Gasteiger partial charge in [0.05, 0.1) is 11.9 Å². The average molecular weight is 460 g/mol. The number of anilines is 1. The Morgan fingerprint density at radius 1 is 1.25 bits per heavy atom. The lowest BCUT2D eigenvalue weighted by Gasteiger charge is -2.43. The SMILES string of the molecule is Cc1cccc(CN2CCN(c3cc(F)c(/C=N/NC(N)=S)cc3F)C[C@@H]2CC(C)C)c1. The van der Waals surface area contributed by atoms with Crippen molar-refractivity contribution in [2.24, 2.45) is 16.8 Å². The summed E-state index contributed by atoms with van der Waals surface area (Å²) in [4.78, 5) is 4.41. The average Bonchev–Trinajstić information content (AvgIpc) is 2.71. The predicted molar refractivity (Wildman–Crippen MR) is 131 cm³/mol. The van der Waals surface area contributed by atoms with E-state index in [1.54, 1.807) is 0 Å². The number of benzene rings is 2. The Bertz CT molecular complexity index is 979. The van der Waals surface area contributed by atoms with Gasteiger partial charge < -0.3 is 10.6 Å². The zero-order valence-electron chi connectivity index (χ0n) is 18.8. The van der Waals surface area contributed by atoms with E-state index in [9.17, 15) is 8.78 Å². The van der Waals surface area contributed by atoms with Crippen LogP contribution >= 0.6 is 12.2 Å². The molecule has 1 saturated heterocycles. The fourth-order valence-corrected chi connectivity index (χ4v) is 4.24. The topological polar surface area (TPSA) is 56.9 Å². The van der Waals surface area contributed by atoms with Gasteiger partial charge in [-0.05, 0) is 43.1 Å². The first-order valence-corrected chi connectivity index (χ1v) is 11.3. The third-order valence-corrected chi connectivity index (χ3v) is 5.69. The Hall–Kier alpha value is -2.58. The van der Waals surface area contributed by atoms with Gasteiger partial charge in [-0.25, -0.2) is 8.78 Å². The molecule has 5 nitrogen and oxygen atoms in total. The van der Waals surface area contributed by atoms with E-state index in [0.29, 0.717) is 19.0 Å². The minimum absolute atomic E-state index is 0.0341. The quantitative estimate of drug-likeness (QED) is 0.370. The second-order valence-electron chi connectivity index (χ2n) is 8.75. The van der Waals surface area contributed by atoms with Crippen molar-refractivity contribution in [3.8, 4) is 0 Å².